The zero-order valence-electron chi connectivity index (χ0n) is 41.4. The summed E-state index contributed by atoms with van der Waals surface area (Å²) in [6, 6.07) is 8.40. The summed E-state index contributed by atoms with van der Waals surface area (Å²) < 4.78 is 37.4. The molecular weight excluding hydrogens is 843 g/mol. The summed E-state index contributed by atoms with van der Waals surface area (Å²) in [4.78, 5) is 58.5. The van der Waals surface area contributed by atoms with Crippen molar-refractivity contribution in [1.29, 1.82) is 0 Å². The number of hydrogen-bond acceptors (Lipinski definition) is 12. The van der Waals surface area contributed by atoms with Crippen LogP contribution in [0.25, 0.3) is 0 Å². The van der Waals surface area contributed by atoms with Gasteiger partial charge in [-0.2, -0.15) is 0 Å². The van der Waals surface area contributed by atoms with Crippen LogP contribution in [-0.2, 0) is 47.6 Å². The number of aliphatic hydroxyl groups is 2. The fraction of sp³-hybridized carbons (Fsp3) is 0.736. The largest absolute Gasteiger partial charge is 0.456 e. The van der Waals surface area contributed by atoms with Crippen LogP contribution in [0.3, 0.4) is 0 Å². The highest BCUT2D eigenvalue weighted by Gasteiger charge is 2.56. The molecule has 370 valence electrons. The molecule has 14 unspecified atom stereocenters. The Balaban J connectivity index is 1.45. The van der Waals surface area contributed by atoms with E-state index in [-0.39, 0.29) is 73.8 Å². The van der Waals surface area contributed by atoms with Crippen molar-refractivity contribution in [2.75, 3.05) is 27.4 Å². The van der Waals surface area contributed by atoms with Crippen molar-refractivity contribution in [2.24, 2.45) is 29.6 Å². The number of nitrogens with zero attached hydrogens (tertiary/aromatic N) is 1. The molecule has 3 aliphatic heterocycles. The van der Waals surface area contributed by atoms with Gasteiger partial charge in [0.2, 0.25) is 5.79 Å². The van der Waals surface area contributed by atoms with Crippen molar-refractivity contribution >= 4 is 23.4 Å². The van der Waals surface area contributed by atoms with Crippen LogP contribution in [0, 0.1) is 29.6 Å². The van der Waals surface area contributed by atoms with Gasteiger partial charge in [-0.3, -0.25) is 14.4 Å². The van der Waals surface area contributed by atoms with Gasteiger partial charge in [0.25, 0.3) is 11.7 Å². The number of cyclic esters (lactones) is 1. The first-order valence-electron chi connectivity index (χ1n) is 24.8. The highest BCUT2D eigenvalue weighted by atomic mass is 16.7. The van der Waals surface area contributed by atoms with Gasteiger partial charge in [-0.25, -0.2) is 4.79 Å². The fourth-order valence-corrected chi connectivity index (χ4v) is 10.8. The number of Topliss-reactive ketones (excluding diaryl/α,β-unsaturated/α-hetero) is 2. The number of rotatable bonds is 11. The van der Waals surface area contributed by atoms with Crippen molar-refractivity contribution in [3.05, 3.63) is 59.2 Å². The predicted molar refractivity (Wildman–Crippen MR) is 251 cm³/mol. The number of piperidine rings is 1. The highest BCUT2D eigenvalue weighted by Crippen LogP contribution is 2.39. The molecule has 0 spiro atoms. The summed E-state index contributed by atoms with van der Waals surface area (Å²) >= 11 is 0. The van der Waals surface area contributed by atoms with Crippen LogP contribution in [0.15, 0.2) is 53.6 Å². The maximum Gasteiger partial charge on any atom is 0.329 e. The standard InChI is InChI=1S/C53H81NO12/c1-11-39-26-33(4)25-34(5)27-46(61-9)49-47(62-10)29-37(8)53(60,66-49)50(57)51(58)54-24-16-15-19-41(54)52(59)65-48(35(6)20-22-42(39)55)36(7)28-38-21-23-44(45(30-38)64-32(2)3)63-31-43(56)40-17-13-12-14-18-40/h12-14,17-18,26,28,32,34-35,37-39,41,43-49,56,60H,11,15-16,19-25,27,29-31H2,1-10H3/b33-26+,36-28?. The van der Waals surface area contributed by atoms with E-state index in [0.717, 1.165) is 23.1 Å². The molecule has 2 N–H and O–H groups in total. The lowest BCUT2D eigenvalue weighted by Gasteiger charge is -2.47. The molecule has 4 aliphatic rings. The molecule has 3 fully saturated rings. The molecule has 14 atom stereocenters. The van der Waals surface area contributed by atoms with Crippen LogP contribution >= 0.6 is 0 Å². The maximum atomic E-state index is 14.6. The second-order valence-corrected chi connectivity index (χ2v) is 20.2. The van der Waals surface area contributed by atoms with E-state index in [2.05, 4.69) is 19.1 Å². The zero-order valence-corrected chi connectivity index (χ0v) is 41.4. The molecule has 5 rings (SSSR count). The van der Waals surface area contributed by atoms with Crippen LogP contribution in [-0.4, -0.2) is 120 Å². The van der Waals surface area contributed by atoms with Gasteiger partial charge in [0, 0.05) is 39.0 Å². The summed E-state index contributed by atoms with van der Waals surface area (Å²) in [5, 5.41) is 23.0. The molecular formula is C53H81NO12. The minimum Gasteiger partial charge on any atom is -0.456 e. The third-order valence-corrected chi connectivity index (χ3v) is 14.5. The van der Waals surface area contributed by atoms with E-state index in [1.54, 1.807) is 21.1 Å². The van der Waals surface area contributed by atoms with E-state index >= 15 is 0 Å². The molecule has 1 amide bonds. The first kappa shape index (κ1) is 53.7. The van der Waals surface area contributed by atoms with Crippen molar-refractivity contribution in [3.63, 3.8) is 0 Å². The first-order chi connectivity index (χ1) is 31.4. The van der Waals surface area contributed by atoms with E-state index in [1.165, 1.54) is 4.90 Å². The molecule has 1 aromatic rings. The SMILES string of the molecule is CCC1/C=C(\C)CC(C)CC(OC)C2OC(O)(C(=O)C(=O)N3CCCCC3C(=O)OC(C(C)=CC3CCC(OCC(O)c4ccccc4)C(OC(C)C)C3)C(C)CCC1=O)C(C)CC2OC. The number of ketones is 2. The number of hydrogen-bond donors (Lipinski definition) is 2. The summed E-state index contributed by atoms with van der Waals surface area (Å²) in [6.07, 6.45) is 6.75. The number of carbonyl (C=O) groups is 4. The Labute approximate surface area is 394 Å². The molecule has 66 heavy (non-hydrogen) atoms. The predicted octanol–water partition coefficient (Wildman–Crippen LogP) is 8.04. The molecule has 13 nitrogen and oxygen atoms in total. The van der Waals surface area contributed by atoms with Crippen LogP contribution < -0.4 is 0 Å². The Morgan fingerprint density at radius 2 is 1.62 bits per heavy atom. The monoisotopic (exact) mass is 924 g/mol. The number of carbonyl (C=O) groups excluding carboxylic acids is 4. The van der Waals surface area contributed by atoms with Gasteiger partial charge in [-0.05, 0) is 127 Å². The van der Waals surface area contributed by atoms with Crippen LogP contribution in [0.4, 0.5) is 0 Å². The number of aliphatic hydroxyl groups excluding tert-OH is 1. The molecule has 0 radical (unpaired) electrons. The molecule has 0 aromatic heterocycles. The zero-order chi connectivity index (χ0) is 48.3. The fourth-order valence-electron chi connectivity index (χ4n) is 10.8. The average Bonchev–Trinajstić information content (AvgIpc) is 3.30. The molecule has 2 saturated heterocycles. The number of fused-ring (bicyclic) bond motifs is 3. The van der Waals surface area contributed by atoms with E-state index in [0.29, 0.717) is 57.8 Å². The van der Waals surface area contributed by atoms with Crippen LogP contribution in [0.5, 0.6) is 0 Å². The number of esters is 1. The first-order valence-corrected chi connectivity index (χ1v) is 24.8. The summed E-state index contributed by atoms with van der Waals surface area (Å²) in [5.41, 5.74) is 2.70. The Morgan fingerprint density at radius 1 is 0.924 bits per heavy atom. The van der Waals surface area contributed by atoms with Gasteiger partial charge in [-0.15, -0.1) is 0 Å². The number of amides is 1. The van der Waals surface area contributed by atoms with Crippen molar-refractivity contribution in [2.45, 2.75) is 193 Å². The lowest BCUT2D eigenvalue weighted by atomic mass is 9.82. The van der Waals surface area contributed by atoms with Gasteiger partial charge in [-0.1, -0.05) is 75.8 Å². The van der Waals surface area contributed by atoms with Gasteiger partial charge in [0.1, 0.15) is 30.1 Å². The number of methoxy groups -OCH3 is 2. The Morgan fingerprint density at radius 3 is 2.29 bits per heavy atom. The molecule has 1 aromatic carbocycles. The third kappa shape index (κ3) is 13.7. The second-order valence-electron chi connectivity index (χ2n) is 20.2. The smallest absolute Gasteiger partial charge is 0.329 e. The minimum absolute atomic E-state index is 0.0518. The average molecular weight is 924 g/mol. The molecule has 1 aliphatic carbocycles. The third-order valence-electron chi connectivity index (χ3n) is 14.5. The Hall–Kier alpha value is -3.30. The number of ether oxygens (including phenoxy) is 6. The number of allylic oxidation sites excluding steroid dienone is 3. The highest BCUT2D eigenvalue weighted by molar-refractivity contribution is 6.39. The van der Waals surface area contributed by atoms with Gasteiger partial charge in [0.05, 0.1) is 37.1 Å². The Bertz CT molecular complexity index is 1820. The van der Waals surface area contributed by atoms with Crippen LogP contribution in [0.1, 0.15) is 144 Å². The van der Waals surface area contributed by atoms with Crippen molar-refractivity contribution in [3.8, 4) is 0 Å². The van der Waals surface area contributed by atoms with E-state index < -0.39 is 65.9 Å². The summed E-state index contributed by atoms with van der Waals surface area (Å²) in [7, 11) is 3.11. The topological polar surface area (TPSA) is 167 Å². The number of benzene rings is 1. The normalized spacial score (nSPS) is 36.5. The Kier molecular flexibility index (Phi) is 20.2. The van der Waals surface area contributed by atoms with Crippen LogP contribution in [0.2, 0.25) is 0 Å². The lowest BCUT2D eigenvalue weighted by molar-refractivity contribution is -0.302. The summed E-state index contributed by atoms with van der Waals surface area (Å²) in [5.74, 6) is -6.31. The second kappa shape index (κ2) is 24.8. The van der Waals surface area contributed by atoms with Crippen molar-refractivity contribution < 1.29 is 57.8 Å². The maximum absolute atomic E-state index is 14.6. The molecule has 13 heteroatoms. The van der Waals surface area contributed by atoms with Gasteiger partial charge >= 0.3 is 5.97 Å². The lowest BCUT2D eigenvalue weighted by Crippen LogP contribution is -2.64. The van der Waals surface area contributed by atoms with Crippen molar-refractivity contribution in [1.82, 2.24) is 4.90 Å². The molecule has 1 saturated carbocycles. The molecule has 3 heterocycles. The van der Waals surface area contributed by atoms with Gasteiger partial charge in [0.15, 0.2) is 0 Å². The van der Waals surface area contributed by atoms with E-state index in [4.69, 9.17) is 28.4 Å². The van der Waals surface area contributed by atoms with E-state index in [9.17, 15) is 29.4 Å². The van der Waals surface area contributed by atoms with Gasteiger partial charge < -0.3 is 43.5 Å². The summed E-state index contributed by atoms with van der Waals surface area (Å²) in [6.45, 7) is 16.0. The quantitative estimate of drug-likeness (QED) is 0.125. The van der Waals surface area contributed by atoms with E-state index in [1.807, 2.05) is 71.9 Å². The molecule has 2 bridgehead atoms. The minimum atomic E-state index is -2.48.